The van der Waals surface area contributed by atoms with Crippen LogP contribution in [0.5, 0.6) is 0 Å². The van der Waals surface area contributed by atoms with Crippen LogP contribution in [0.25, 0.3) is 0 Å². The standard InChI is InChI=1S/C16H21N7O/c1-4-23-13(3)14(6-19-23)9-22-10-15(7-18-22)20-16(24)11-21-8-12(2)5-17-21/h5-8,10H,4,9,11H2,1-3H3,(H,20,24). The molecule has 3 aromatic heterocycles. The van der Waals surface area contributed by atoms with Gasteiger partial charge < -0.3 is 5.32 Å². The van der Waals surface area contributed by atoms with Crippen molar-refractivity contribution in [2.75, 3.05) is 5.32 Å². The number of nitrogens with one attached hydrogen (secondary N) is 1. The number of aryl methyl sites for hydroxylation is 2. The molecular formula is C16H21N7O. The summed E-state index contributed by atoms with van der Waals surface area (Å²) >= 11 is 0. The van der Waals surface area contributed by atoms with E-state index in [4.69, 9.17) is 0 Å². The van der Waals surface area contributed by atoms with Gasteiger partial charge in [-0.25, -0.2) is 0 Å². The first kappa shape index (κ1) is 16.0. The van der Waals surface area contributed by atoms with Crippen LogP contribution in [0.15, 0.2) is 31.0 Å². The predicted molar refractivity (Wildman–Crippen MR) is 89.6 cm³/mol. The highest BCUT2D eigenvalue weighted by atomic mass is 16.2. The molecular weight excluding hydrogens is 306 g/mol. The summed E-state index contributed by atoms with van der Waals surface area (Å²) in [5, 5.41) is 15.6. The average molecular weight is 327 g/mol. The number of carbonyl (C=O) groups excluding carboxylic acids is 1. The van der Waals surface area contributed by atoms with Crippen LogP contribution in [0.2, 0.25) is 0 Å². The summed E-state index contributed by atoms with van der Waals surface area (Å²) in [4.78, 5) is 12.0. The van der Waals surface area contributed by atoms with Crippen LogP contribution in [0.4, 0.5) is 5.69 Å². The van der Waals surface area contributed by atoms with E-state index in [0.29, 0.717) is 12.2 Å². The molecule has 1 N–H and O–H groups in total. The van der Waals surface area contributed by atoms with Crippen LogP contribution in [0, 0.1) is 13.8 Å². The monoisotopic (exact) mass is 327 g/mol. The zero-order valence-electron chi connectivity index (χ0n) is 14.1. The number of aromatic nitrogens is 6. The molecule has 0 aromatic carbocycles. The lowest BCUT2D eigenvalue weighted by Gasteiger charge is -2.03. The Morgan fingerprint density at radius 1 is 1.08 bits per heavy atom. The van der Waals surface area contributed by atoms with Gasteiger partial charge in [-0.05, 0) is 26.3 Å². The second-order valence-electron chi connectivity index (χ2n) is 5.76. The first-order valence-corrected chi connectivity index (χ1v) is 7.87. The zero-order chi connectivity index (χ0) is 17.1. The highest BCUT2D eigenvalue weighted by Crippen LogP contribution is 2.11. The van der Waals surface area contributed by atoms with Crippen molar-refractivity contribution in [3.63, 3.8) is 0 Å². The fourth-order valence-corrected chi connectivity index (χ4v) is 2.55. The Balaban J connectivity index is 1.60. The van der Waals surface area contributed by atoms with E-state index < -0.39 is 0 Å². The van der Waals surface area contributed by atoms with Gasteiger partial charge >= 0.3 is 0 Å². The van der Waals surface area contributed by atoms with Gasteiger partial charge in [0.05, 0.1) is 30.8 Å². The second kappa shape index (κ2) is 6.69. The fraction of sp³-hybridized carbons (Fsp3) is 0.375. The number of carbonyl (C=O) groups is 1. The molecule has 0 radical (unpaired) electrons. The lowest BCUT2D eigenvalue weighted by molar-refractivity contribution is -0.116. The van der Waals surface area contributed by atoms with Crippen LogP contribution >= 0.6 is 0 Å². The zero-order valence-corrected chi connectivity index (χ0v) is 14.1. The molecule has 0 bridgehead atoms. The topological polar surface area (TPSA) is 82.6 Å². The van der Waals surface area contributed by atoms with Crippen molar-refractivity contribution >= 4 is 11.6 Å². The van der Waals surface area contributed by atoms with Gasteiger partial charge in [0.1, 0.15) is 6.54 Å². The molecule has 126 valence electrons. The second-order valence-corrected chi connectivity index (χ2v) is 5.76. The van der Waals surface area contributed by atoms with E-state index >= 15 is 0 Å². The molecule has 8 heteroatoms. The third-order valence-electron chi connectivity index (χ3n) is 3.82. The smallest absolute Gasteiger partial charge is 0.246 e. The van der Waals surface area contributed by atoms with Crippen molar-refractivity contribution in [2.24, 2.45) is 0 Å². The molecule has 0 atom stereocenters. The number of nitrogens with zero attached hydrogens (tertiary/aromatic N) is 6. The molecule has 3 heterocycles. The summed E-state index contributed by atoms with van der Waals surface area (Å²) in [5.41, 5.74) is 3.94. The molecule has 24 heavy (non-hydrogen) atoms. The van der Waals surface area contributed by atoms with Crippen molar-refractivity contribution in [1.29, 1.82) is 0 Å². The molecule has 3 rings (SSSR count). The van der Waals surface area contributed by atoms with Crippen LogP contribution in [0.1, 0.15) is 23.7 Å². The quantitative estimate of drug-likeness (QED) is 0.745. The summed E-state index contributed by atoms with van der Waals surface area (Å²) in [6, 6.07) is 0. The maximum Gasteiger partial charge on any atom is 0.246 e. The molecule has 0 saturated heterocycles. The Morgan fingerprint density at radius 2 is 1.88 bits per heavy atom. The van der Waals surface area contributed by atoms with Crippen LogP contribution in [-0.2, 0) is 24.4 Å². The number of hydrogen-bond acceptors (Lipinski definition) is 4. The molecule has 0 aliphatic rings. The van der Waals surface area contributed by atoms with Crippen molar-refractivity contribution < 1.29 is 4.79 Å². The first-order chi connectivity index (χ1) is 11.5. The number of anilines is 1. The van der Waals surface area contributed by atoms with Gasteiger partial charge in [-0.15, -0.1) is 0 Å². The summed E-state index contributed by atoms with van der Waals surface area (Å²) in [5.74, 6) is -0.132. The van der Waals surface area contributed by atoms with Crippen molar-refractivity contribution in [3.05, 3.63) is 47.8 Å². The van der Waals surface area contributed by atoms with Crippen LogP contribution in [-0.4, -0.2) is 35.2 Å². The van der Waals surface area contributed by atoms with Gasteiger partial charge in [0.2, 0.25) is 5.91 Å². The number of rotatable bonds is 6. The van der Waals surface area contributed by atoms with E-state index in [0.717, 1.165) is 23.4 Å². The summed E-state index contributed by atoms with van der Waals surface area (Å²) in [7, 11) is 0. The molecule has 0 fully saturated rings. The van der Waals surface area contributed by atoms with E-state index in [1.165, 1.54) is 0 Å². The normalized spacial score (nSPS) is 11.0. The van der Waals surface area contributed by atoms with Gasteiger partial charge in [0, 0.05) is 30.2 Å². The van der Waals surface area contributed by atoms with Crippen LogP contribution < -0.4 is 5.32 Å². The van der Waals surface area contributed by atoms with Crippen molar-refractivity contribution in [2.45, 2.75) is 40.4 Å². The van der Waals surface area contributed by atoms with E-state index in [2.05, 4.69) is 27.5 Å². The van der Waals surface area contributed by atoms with E-state index in [1.54, 1.807) is 21.8 Å². The Kier molecular flexibility index (Phi) is 4.45. The number of hydrogen-bond donors (Lipinski definition) is 1. The maximum absolute atomic E-state index is 12.0. The van der Waals surface area contributed by atoms with E-state index in [1.807, 2.05) is 37.1 Å². The summed E-state index contributed by atoms with van der Waals surface area (Å²) in [6.45, 7) is 7.70. The largest absolute Gasteiger partial charge is 0.322 e. The minimum absolute atomic E-state index is 0.132. The van der Waals surface area contributed by atoms with Crippen LogP contribution in [0.3, 0.4) is 0 Å². The van der Waals surface area contributed by atoms with Crippen molar-refractivity contribution in [3.8, 4) is 0 Å². The highest BCUT2D eigenvalue weighted by Gasteiger charge is 2.09. The molecule has 0 aliphatic heterocycles. The third-order valence-corrected chi connectivity index (χ3v) is 3.82. The fourth-order valence-electron chi connectivity index (χ4n) is 2.55. The lowest BCUT2D eigenvalue weighted by Crippen LogP contribution is -2.18. The summed E-state index contributed by atoms with van der Waals surface area (Å²) in [6.07, 6.45) is 8.88. The highest BCUT2D eigenvalue weighted by molar-refractivity contribution is 5.90. The van der Waals surface area contributed by atoms with Gasteiger partial charge in [0.25, 0.3) is 0 Å². The minimum Gasteiger partial charge on any atom is -0.322 e. The summed E-state index contributed by atoms with van der Waals surface area (Å²) < 4.78 is 5.35. The Labute approximate surface area is 140 Å². The van der Waals surface area contributed by atoms with Gasteiger partial charge in [0.15, 0.2) is 0 Å². The van der Waals surface area contributed by atoms with Gasteiger partial charge in [-0.2, -0.15) is 15.3 Å². The van der Waals surface area contributed by atoms with Crippen molar-refractivity contribution in [1.82, 2.24) is 29.3 Å². The number of amides is 1. The molecule has 1 amide bonds. The average Bonchev–Trinajstić information content (AvgIpc) is 3.23. The Bertz CT molecular complexity index is 842. The SMILES string of the molecule is CCn1ncc(Cn2cc(NC(=O)Cn3cc(C)cn3)cn2)c1C. The molecule has 8 nitrogen and oxygen atoms in total. The van der Waals surface area contributed by atoms with Gasteiger partial charge in [-0.1, -0.05) is 0 Å². The molecule has 0 saturated carbocycles. The lowest BCUT2D eigenvalue weighted by atomic mass is 10.2. The van der Waals surface area contributed by atoms with Gasteiger partial charge in [-0.3, -0.25) is 18.8 Å². The molecule has 0 aliphatic carbocycles. The molecule has 0 spiro atoms. The Hall–Kier alpha value is -2.90. The predicted octanol–water partition coefficient (Wildman–Crippen LogP) is 1.60. The molecule has 0 unspecified atom stereocenters. The van der Waals surface area contributed by atoms with E-state index in [-0.39, 0.29) is 12.5 Å². The maximum atomic E-state index is 12.0. The third kappa shape index (κ3) is 3.53. The first-order valence-electron chi connectivity index (χ1n) is 7.87. The minimum atomic E-state index is -0.132. The Morgan fingerprint density at radius 3 is 2.54 bits per heavy atom. The van der Waals surface area contributed by atoms with E-state index in [9.17, 15) is 4.79 Å². The molecule has 3 aromatic rings.